The first-order valence-electron chi connectivity index (χ1n) is 7.38. The summed E-state index contributed by atoms with van der Waals surface area (Å²) in [4.78, 5) is 0.787. The summed E-state index contributed by atoms with van der Waals surface area (Å²) >= 11 is 8.86. The zero-order valence-corrected chi connectivity index (χ0v) is 16.5. The van der Waals surface area contributed by atoms with Crippen molar-refractivity contribution in [1.82, 2.24) is 4.72 Å². The van der Waals surface area contributed by atoms with Gasteiger partial charge >= 0.3 is 0 Å². The van der Waals surface area contributed by atoms with Gasteiger partial charge in [0.1, 0.15) is 5.60 Å². The van der Waals surface area contributed by atoms with Crippen molar-refractivity contribution in [1.29, 1.82) is 0 Å². The molecule has 4 nitrogen and oxygen atoms in total. The molecule has 1 aromatic carbocycles. The quantitative estimate of drug-likeness (QED) is 0.642. The van der Waals surface area contributed by atoms with E-state index in [4.69, 9.17) is 11.6 Å². The maximum atomic E-state index is 12.7. The second-order valence-electron chi connectivity index (χ2n) is 5.54. The Morgan fingerprint density at radius 2 is 2.00 bits per heavy atom. The van der Waals surface area contributed by atoms with E-state index in [9.17, 15) is 13.5 Å². The number of rotatable bonds is 6. The van der Waals surface area contributed by atoms with Crippen molar-refractivity contribution >= 4 is 44.3 Å². The average molecular weight is 414 g/mol. The number of aliphatic hydroxyl groups is 1. The van der Waals surface area contributed by atoms with Gasteiger partial charge in [0, 0.05) is 22.0 Å². The van der Waals surface area contributed by atoms with E-state index in [0.29, 0.717) is 21.0 Å². The smallest absolute Gasteiger partial charge is 0.241 e. The van der Waals surface area contributed by atoms with Gasteiger partial charge in [0.2, 0.25) is 10.0 Å². The van der Waals surface area contributed by atoms with Gasteiger partial charge in [-0.2, -0.15) is 11.3 Å². The highest BCUT2D eigenvalue weighted by molar-refractivity contribution is 7.89. The molecule has 132 valence electrons. The lowest BCUT2D eigenvalue weighted by molar-refractivity contribution is 0.0903. The number of nitrogens with one attached hydrogen (secondary N) is 1. The van der Waals surface area contributed by atoms with Gasteiger partial charge in [-0.05, 0) is 52.9 Å². The van der Waals surface area contributed by atoms with E-state index in [-0.39, 0.29) is 11.4 Å². The largest absolute Gasteiger partial charge is 0.378 e. The molecule has 1 atom stereocenters. The zero-order chi connectivity index (χ0) is 18.1. The molecule has 0 radical (unpaired) electrons. The minimum absolute atomic E-state index is 0.110. The average Bonchev–Trinajstić information content (AvgIpc) is 3.29. The van der Waals surface area contributed by atoms with Crippen molar-refractivity contribution in [2.75, 3.05) is 6.54 Å². The van der Waals surface area contributed by atoms with E-state index in [1.165, 1.54) is 28.7 Å². The number of hydrogen-bond donors (Lipinski definition) is 2. The highest BCUT2D eigenvalue weighted by Crippen LogP contribution is 2.34. The van der Waals surface area contributed by atoms with Crippen LogP contribution in [0, 0.1) is 6.92 Å². The molecule has 0 spiro atoms. The Hall–Kier alpha value is -1.22. The fraction of sp³-hybridized carbons (Fsp3) is 0.176. The van der Waals surface area contributed by atoms with Crippen LogP contribution in [0.3, 0.4) is 0 Å². The number of sulfonamides is 1. The lowest BCUT2D eigenvalue weighted by Gasteiger charge is -2.27. The zero-order valence-electron chi connectivity index (χ0n) is 13.3. The molecular weight excluding hydrogens is 398 g/mol. The molecular formula is C17H16ClNO3S3. The van der Waals surface area contributed by atoms with Crippen LogP contribution in [0.4, 0.5) is 0 Å². The van der Waals surface area contributed by atoms with Crippen LogP contribution in [0.2, 0.25) is 5.02 Å². The van der Waals surface area contributed by atoms with Crippen LogP contribution in [0.25, 0.3) is 0 Å². The van der Waals surface area contributed by atoms with Gasteiger partial charge in [-0.25, -0.2) is 13.1 Å². The lowest BCUT2D eigenvalue weighted by Crippen LogP contribution is -2.41. The van der Waals surface area contributed by atoms with Crippen molar-refractivity contribution in [3.05, 3.63) is 73.6 Å². The lowest BCUT2D eigenvalue weighted by atomic mass is 9.95. The van der Waals surface area contributed by atoms with Crippen LogP contribution in [0.15, 0.2) is 57.4 Å². The topological polar surface area (TPSA) is 66.4 Å². The molecule has 0 aliphatic rings. The fourth-order valence-corrected chi connectivity index (χ4v) is 5.63. The first-order chi connectivity index (χ1) is 11.8. The van der Waals surface area contributed by atoms with Gasteiger partial charge in [0.15, 0.2) is 0 Å². The minimum atomic E-state index is -3.82. The molecule has 0 bridgehead atoms. The summed E-state index contributed by atoms with van der Waals surface area (Å²) in [7, 11) is -3.82. The first kappa shape index (κ1) is 18.6. The summed E-state index contributed by atoms with van der Waals surface area (Å²) in [5, 5.41) is 17.1. The van der Waals surface area contributed by atoms with Gasteiger partial charge < -0.3 is 5.11 Å². The van der Waals surface area contributed by atoms with Gasteiger partial charge in [0.25, 0.3) is 0 Å². The number of thiophene rings is 2. The Labute approximate surface area is 159 Å². The number of hydrogen-bond acceptors (Lipinski definition) is 5. The summed E-state index contributed by atoms with van der Waals surface area (Å²) in [6.45, 7) is 1.49. The van der Waals surface area contributed by atoms with Crippen LogP contribution < -0.4 is 4.72 Å². The standard InChI is InChI=1S/C17H16ClNO3S3/c1-12-14(18)4-2-5-15(12)25(21,22)19-11-17(20,13-7-9-23-10-13)16-6-3-8-24-16/h2-10,19-20H,11H2,1H3. The van der Waals surface area contributed by atoms with Gasteiger partial charge in [-0.3, -0.25) is 0 Å². The molecule has 0 saturated heterocycles. The number of halogens is 1. The predicted octanol–water partition coefficient (Wildman–Crippen LogP) is 3.99. The van der Waals surface area contributed by atoms with Crippen LogP contribution in [-0.2, 0) is 15.6 Å². The van der Waals surface area contributed by atoms with E-state index in [1.54, 1.807) is 31.2 Å². The monoisotopic (exact) mass is 413 g/mol. The SMILES string of the molecule is Cc1c(Cl)cccc1S(=O)(=O)NCC(O)(c1ccsc1)c1cccs1. The second kappa shape index (κ2) is 7.19. The summed E-state index contributed by atoms with van der Waals surface area (Å²) < 4.78 is 28.0. The van der Waals surface area contributed by atoms with E-state index < -0.39 is 15.6 Å². The van der Waals surface area contributed by atoms with Gasteiger partial charge in [0.05, 0.1) is 4.90 Å². The molecule has 25 heavy (non-hydrogen) atoms. The van der Waals surface area contributed by atoms with Gasteiger partial charge in [-0.15, -0.1) is 11.3 Å². The first-order valence-corrected chi connectivity index (χ1v) is 11.1. The molecule has 2 heterocycles. The molecule has 0 aliphatic carbocycles. The molecule has 0 fully saturated rings. The molecule has 3 rings (SSSR count). The van der Waals surface area contributed by atoms with Crippen molar-refractivity contribution < 1.29 is 13.5 Å². The molecule has 2 N–H and O–H groups in total. The Morgan fingerprint density at radius 3 is 2.64 bits per heavy atom. The van der Waals surface area contributed by atoms with E-state index >= 15 is 0 Å². The number of benzene rings is 1. The van der Waals surface area contributed by atoms with Crippen molar-refractivity contribution in [2.45, 2.75) is 17.4 Å². The fourth-order valence-electron chi connectivity index (χ4n) is 2.50. The van der Waals surface area contributed by atoms with E-state index in [2.05, 4.69) is 4.72 Å². The van der Waals surface area contributed by atoms with Crippen LogP contribution in [0.5, 0.6) is 0 Å². The molecule has 0 saturated carbocycles. The van der Waals surface area contributed by atoms with E-state index in [1.807, 2.05) is 22.2 Å². The summed E-state index contributed by atoms with van der Waals surface area (Å²) in [6.07, 6.45) is 0. The molecule has 2 aromatic heterocycles. The van der Waals surface area contributed by atoms with Crippen molar-refractivity contribution in [2.24, 2.45) is 0 Å². The predicted molar refractivity (Wildman–Crippen MR) is 103 cm³/mol. The van der Waals surface area contributed by atoms with Crippen LogP contribution >= 0.6 is 34.3 Å². The molecule has 3 aromatic rings. The normalized spacial score (nSPS) is 14.4. The molecule has 8 heteroatoms. The highest BCUT2D eigenvalue weighted by Gasteiger charge is 2.35. The third-order valence-corrected chi connectivity index (χ3v) is 7.61. The minimum Gasteiger partial charge on any atom is -0.378 e. The second-order valence-corrected chi connectivity index (χ2v) is 9.41. The Balaban J connectivity index is 1.93. The summed E-state index contributed by atoms with van der Waals surface area (Å²) in [6, 6.07) is 10.1. The maximum Gasteiger partial charge on any atom is 0.241 e. The molecule has 0 aliphatic heterocycles. The third-order valence-electron chi connectivity index (χ3n) is 3.95. The van der Waals surface area contributed by atoms with Crippen LogP contribution in [-0.4, -0.2) is 20.1 Å². The Bertz CT molecular complexity index is 917. The van der Waals surface area contributed by atoms with Crippen molar-refractivity contribution in [3.63, 3.8) is 0 Å². The Morgan fingerprint density at radius 1 is 1.20 bits per heavy atom. The Kier molecular flexibility index (Phi) is 5.34. The molecule has 1 unspecified atom stereocenters. The summed E-state index contributed by atoms with van der Waals surface area (Å²) in [5.74, 6) is 0. The highest BCUT2D eigenvalue weighted by atomic mass is 35.5. The third kappa shape index (κ3) is 3.67. The summed E-state index contributed by atoms with van der Waals surface area (Å²) in [5.41, 5.74) is -0.286. The van der Waals surface area contributed by atoms with Crippen LogP contribution in [0.1, 0.15) is 16.0 Å². The van der Waals surface area contributed by atoms with Gasteiger partial charge in [-0.1, -0.05) is 23.7 Å². The maximum absolute atomic E-state index is 12.7. The van der Waals surface area contributed by atoms with E-state index in [0.717, 1.165) is 0 Å². The molecule has 0 amide bonds. The van der Waals surface area contributed by atoms with Crippen molar-refractivity contribution in [3.8, 4) is 0 Å².